The monoisotopic (exact) mass is 390 g/mol. The first kappa shape index (κ1) is 20.8. The van der Waals surface area contributed by atoms with Crippen LogP contribution in [-0.4, -0.2) is 40.7 Å². The molecule has 0 saturated heterocycles. The van der Waals surface area contributed by atoms with Crippen molar-refractivity contribution in [1.82, 2.24) is 20.0 Å². The van der Waals surface area contributed by atoms with E-state index in [0.717, 1.165) is 29.9 Å². The second-order valence-corrected chi connectivity index (χ2v) is 7.51. The topological polar surface area (TPSA) is 50.2 Å². The van der Waals surface area contributed by atoms with Crippen LogP contribution in [0.5, 0.6) is 0 Å². The number of aromatic nitrogens is 2. The van der Waals surface area contributed by atoms with Gasteiger partial charge in [-0.05, 0) is 51.4 Å². The quantitative estimate of drug-likeness (QED) is 0.567. The molecule has 0 radical (unpaired) electrons. The van der Waals surface area contributed by atoms with Gasteiger partial charge in [-0.25, -0.2) is 4.68 Å². The van der Waals surface area contributed by atoms with Gasteiger partial charge in [-0.15, -0.1) is 0 Å². The highest BCUT2D eigenvalue weighted by Crippen LogP contribution is 2.19. The molecule has 0 unspecified atom stereocenters. The molecule has 0 aliphatic rings. The van der Waals surface area contributed by atoms with Crippen molar-refractivity contribution in [2.24, 2.45) is 0 Å². The average molecular weight is 391 g/mol. The zero-order valence-electron chi connectivity index (χ0n) is 17.6. The summed E-state index contributed by atoms with van der Waals surface area (Å²) in [7, 11) is 1.97. The molecule has 5 heteroatoms. The Kier molecular flexibility index (Phi) is 7.19. The maximum absolute atomic E-state index is 12.3. The minimum absolute atomic E-state index is 0.0614. The van der Waals surface area contributed by atoms with E-state index in [9.17, 15) is 4.79 Å². The molecule has 5 nitrogen and oxygen atoms in total. The van der Waals surface area contributed by atoms with Crippen molar-refractivity contribution < 1.29 is 4.79 Å². The summed E-state index contributed by atoms with van der Waals surface area (Å²) in [5, 5.41) is 7.72. The summed E-state index contributed by atoms with van der Waals surface area (Å²) in [4.78, 5) is 14.3. The van der Waals surface area contributed by atoms with Gasteiger partial charge in [0.1, 0.15) is 0 Å². The number of likely N-dealkylation sites (N-methyl/N-ethyl adjacent to an activating group) is 1. The summed E-state index contributed by atoms with van der Waals surface area (Å²) < 4.78 is 1.97. The molecule has 3 rings (SSSR count). The predicted octanol–water partition coefficient (Wildman–Crippen LogP) is 3.67. The van der Waals surface area contributed by atoms with Gasteiger partial charge in [-0.2, -0.15) is 5.10 Å². The van der Waals surface area contributed by atoms with Crippen molar-refractivity contribution in [1.29, 1.82) is 0 Å². The van der Waals surface area contributed by atoms with Crippen molar-refractivity contribution in [2.75, 3.05) is 20.1 Å². The van der Waals surface area contributed by atoms with Gasteiger partial charge in [-0.3, -0.25) is 9.69 Å². The molecule has 152 valence electrons. The zero-order chi connectivity index (χ0) is 20.6. The van der Waals surface area contributed by atoms with Crippen LogP contribution < -0.4 is 5.32 Å². The highest BCUT2D eigenvalue weighted by molar-refractivity contribution is 5.77. The number of aryl methyl sites for hydroxylation is 2. The van der Waals surface area contributed by atoms with Crippen LogP contribution in [0.2, 0.25) is 0 Å². The smallest absolute Gasteiger partial charge is 0.234 e. The minimum atomic E-state index is 0.0614. The Morgan fingerprint density at radius 2 is 1.69 bits per heavy atom. The van der Waals surface area contributed by atoms with E-state index >= 15 is 0 Å². The average Bonchev–Trinajstić information content (AvgIpc) is 3.01. The van der Waals surface area contributed by atoms with Crippen LogP contribution in [0.4, 0.5) is 0 Å². The Morgan fingerprint density at radius 3 is 2.38 bits per heavy atom. The molecule has 2 aromatic carbocycles. The normalized spacial score (nSPS) is 11.0. The Balaban J connectivity index is 1.48. The third-order valence-corrected chi connectivity index (χ3v) is 5.09. The SMILES string of the molecule is Cc1nn(-c2ccccc2)c(C)c1CN(C)CC(=O)NCCCc1ccccc1. The Hall–Kier alpha value is -2.92. The molecule has 0 spiro atoms. The molecule has 0 fully saturated rings. The number of rotatable bonds is 9. The van der Waals surface area contributed by atoms with Gasteiger partial charge in [0.2, 0.25) is 5.91 Å². The van der Waals surface area contributed by atoms with Crippen LogP contribution in [0.3, 0.4) is 0 Å². The summed E-state index contributed by atoms with van der Waals surface area (Å²) >= 11 is 0. The Labute approximate surface area is 173 Å². The fourth-order valence-corrected chi connectivity index (χ4v) is 3.52. The van der Waals surface area contributed by atoms with E-state index < -0.39 is 0 Å². The van der Waals surface area contributed by atoms with E-state index in [0.29, 0.717) is 19.6 Å². The fourth-order valence-electron chi connectivity index (χ4n) is 3.52. The fraction of sp³-hybridized carbons (Fsp3) is 0.333. The van der Waals surface area contributed by atoms with Crippen LogP contribution in [0.15, 0.2) is 60.7 Å². The summed E-state index contributed by atoms with van der Waals surface area (Å²) in [6, 6.07) is 20.5. The molecule has 29 heavy (non-hydrogen) atoms. The molecule has 1 aromatic heterocycles. The molecule has 0 aliphatic heterocycles. The molecule has 0 saturated carbocycles. The van der Waals surface area contributed by atoms with Crippen LogP contribution in [-0.2, 0) is 17.8 Å². The maximum Gasteiger partial charge on any atom is 0.234 e. The van der Waals surface area contributed by atoms with E-state index in [1.807, 2.05) is 60.0 Å². The number of carbonyl (C=O) groups excluding carboxylic acids is 1. The Morgan fingerprint density at radius 1 is 1.03 bits per heavy atom. The molecule has 0 aliphatic carbocycles. The second kappa shape index (κ2) is 10.0. The predicted molar refractivity (Wildman–Crippen MR) is 117 cm³/mol. The molecule has 1 N–H and O–H groups in total. The second-order valence-electron chi connectivity index (χ2n) is 7.51. The standard InChI is InChI=1S/C24H30N4O/c1-19-23(20(2)28(26-19)22-14-8-5-9-15-22)17-27(3)18-24(29)25-16-10-13-21-11-6-4-7-12-21/h4-9,11-12,14-15H,10,13,16-18H2,1-3H3,(H,25,29). The first-order chi connectivity index (χ1) is 14.0. The van der Waals surface area contributed by atoms with E-state index in [2.05, 4.69) is 36.5 Å². The summed E-state index contributed by atoms with van der Waals surface area (Å²) in [5.41, 5.74) is 5.65. The number of hydrogen-bond donors (Lipinski definition) is 1. The third-order valence-electron chi connectivity index (χ3n) is 5.09. The van der Waals surface area contributed by atoms with Crippen molar-refractivity contribution in [3.63, 3.8) is 0 Å². The maximum atomic E-state index is 12.3. The molecule has 1 heterocycles. The van der Waals surface area contributed by atoms with Crippen LogP contribution in [0.1, 0.15) is 28.9 Å². The molecule has 0 bridgehead atoms. The van der Waals surface area contributed by atoms with Gasteiger partial charge in [0.05, 0.1) is 17.9 Å². The number of benzene rings is 2. The molecule has 1 amide bonds. The molecule has 0 atom stereocenters. The summed E-state index contributed by atoms with van der Waals surface area (Å²) in [6.45, 7) is 5.88. The van der Waals surface area contributed by atoms with Crippen molar-refractivity contribution >= 4 is 5.91 Å². The van der Waals surface area contributed by atoms with Gasteiger partial charge in [0.25, 0.3) is 0 Å². The van der Waals surface area contributed by atoms with E-state index in [1.54, 1.807) is 0 Å². The number of amides is 1. The van der Waals surface area contributed by atoms with Gasteiger partial charge in [0, 0.05) is 24.3 Å². The van der Waals surface area contributed by atoms with Gasteiger partial charge < -0.3 is 5.32 Å². The number of nitrogens with one attached hydrogen (secondary N) is 1. The lowest BCUT2D eigenvalue weighted by atomic mass is 10.1. The van der Waals surface area contributed by atoms with Crippen molar-refractivity contribution in [3.05, 3.63) is 83.2 Å². The van der Waals surface area contributed by atoms with Gasteiger partial charge >= 0.3 is 0 Å². The highest BCUT2D eigenvalue weighted by atomic mass is 16.2. The first-order valence-electron chi connectivity index (χ1n) is 10.1. The lowest BCUT2D eigenvalue weighted by molar-refractivity contribution is -0.122. The lowest BCUT2D eigenvalue weighted by Crippen LogP contribution is -2.35. The lowest BCUT2D eigenvalue weighted by Gasteiger charge is -2.17. The van der Waals surface area contributed by atoms with Gasteiger partial charge in [0.15, 0.2) is 0 Å². The number of nitrogens with zero attached hydrogens (tertiary/aromatic N) is 3. The number of hydrogen-bond acceptors (Lipinski definition) is 3. The molecular weight excluding hydrogens is 360 g/mol. The molecular formula is C24H30N4O. The van der Waals surface area contributed by atoms with Crippen LogP contribution >= 0.6 is 0 Å². The number of carbonyl (C=O) groups is 1. The first-order valence-corrected chi connectivity index (χ1v) is 10.1. The molecule has 3 aromatic rings. The summed E-state index contributed by atoms with van der Waals surface area (Å²) in [5.74, 6) is 0.0614. The zero-order valence-corrected chi connectivity index (χ0v) is 17.6. The van der Waals surface area contributed by atoms with Crippen LogP contribution in [0.25, 0.3) is 5.69 Å². The third kappa shape index (κ3) is 5.78. The largest absolute Gasteiger partial charge is 0.355 e. The number of para-hydroxylation sites is 1. The van der Waals surface area contributed by atoms with E-state index in [1.165, 1.54) is 11.1 Å². The van der Waals surface area contributed by atoms with E-state index in [4.69, 9.17) is 5.10 Å². The Bertz CT molecular complexity index is 919. The highest BCUT2D eigenvalue weighted by Gasteiger charge is 2.15. The van der Waals surface area contributed by atoms with Gasteiger partial charge in [-0.1, -0.05) is 48.5 Å². The van der Waals surface area contributed by atoms with Crippen molar-refractivity contribution in [2.45, 2.75) is 33.2 Å². The summed E-state index contributed by atoms with van der Waals surface area (Å²) in [6.07, 6.45) is 1.93. The minimum Gasteiger partial charge on any atom is -0.355 e. The van der Waals surface area contributed by atoms with E-state index in [-0.39, 0.29) is 5.91 Å². The van der Waals surface area contributed by atoms with Crippen LogP contribution in [0, 0.1) is 13.8 Å². The van der Waals surface area contributed by atoms with Crippen molar-refractivity contribution in [3.8, 4) is 5.69 Å².